The summed E-state index contributed by atoms with van der Waals surface area (Å²) >= 11 is 0. The molecular formula is C14H34N2. The minimum Gasteiger partial charge on any atom is -0.309 e. The van der Waals surface area contributed by atoms with Crippen molar-refractivity contribution in [1.82, 2.24) is 9.80 Å². The number of nitrogens with zero attached hydrogens (tertiary/aromatic N) is 2. The highest BCUT2D eigenvalue weighted by molar-refractivity contribution is 4.65. The Morgan fingerprint density at radius 3 is 1.69 bits per heavy atom. The third-order valence-corrected chi connectivity index (χ3v) is 2.81. The maximum absolute atomic E-state index is 2.48. The van der Waals surface area contributed by atoms with Gasteiger partial charge in [0.05, 0.1) is 0 Å². The molecule has 0 amide bonds. The van der Waals surface area contributed by atoms with Crippen LogP contribution < -0.4 is 0 Å². The van der Waals surface area contributed by atoms with Crippen LogP contribution in [-0.4, -0.2) is 50.1 Å². The molecule has 0 aliphatic carbocycles. The second-order valence-electron chi connectivity index (χ2n) is 5.10. The lowest BCUT2D eigenvalue weighted by Gasteiger charge is -2.26. The van der Waals surface area contributed by atoms with E-state index < -0.39 is 0 Å². The molecule has 0 spiro atoms. The van der Waals surface area contributed by atoms with Crippen molar-refractivity contribution >= 4 is 0 Å². The van der Waals surface area contributed by atoms with E-state index in [4.69, 9.17) is 0 Å². The zero-order valence-electron chi connectivity index (χ0n) is 12.9. The molecule has 0 radical (unpaired) electrons. The number of hydrogen-bond donors (Lipinski definition) is 0. The van der Waals surface area contributed by atoms with Gasteiger partial charge in [0, 0.05) is 6.04 Å². The van der Waals surface area contributed by atoms with Crippen molar-refractivity contribution in [2.24, 2.45) is 5.92 Å². The van der Waals surface area contributed by atoms with Crippen molar-refractivity contribution < 1.29 is 0 Å². The minimum absolute atomic E-state index is 0.705. The quantitative estimate of drug-likeness (QED) is 0.662. The van der Waals surface area contributed by atoms with Crippen LogP contribution in [0.15, 0.2) is 0 Å². The zero-order chi connectivity index (χ0) is 13.1. The Hall–Kier alpha value is -0.0800. The van der Waals surface area contributed by atoms with Crippen molar-refractivity contribution in [2.45, 2.75) is 53.5 Å². The van der Waals surface area contributed by atoms with E-state index >= 15 is 0 Å². The van der Waals surface area contributed by atoms with Gasteiger partial charge < -0.3 is 9.80 Å². The predicted molar refractivity (Wildman–Crippen MR) is 76.1 cm³/mol. The third kappa shape index (κ3) is 12.0. The summed E-state index contributed by atoms with van der Waals surface area (Å²) in [5.41, 5.74) is 0. The molecule has 0 N–H and O–H groups in total. The molecule has 0 saturated heterocycles. The Kier molecular flexibility index (Phi) is 13.0. The highest BCUT2D eigenvalue weighted by atomic mass is 15.1. The normalized spacial score (nSPS) is 12.9. The topological polar surface area (TPSA) is 6.48 Å². The summed E-state index contributed by atoms with van der Waals surface area (Å²) in [6.07, 6.45) is 2.57. The van der Waals surface area contributed by atoms with E-state index in [1.165, 1.54) is 25.9 Å². The van der Waals surface area contributed by atoms with E-state index in [0.717, 1.165) is 5.92 Å². The fourth-order valence-corrected chi connectivity index (χ4v) is 1.35. The van der Waals surface area contributed by atoms with Gasteiger partial charge in [0.15, 0.2) is 0 Å². The lowest BCUT2D eigenvalue weighted by molar-refractivity contribution is 0.217. The molecule has 0 aromatic heterocycles. The first-order valence-corrected chi connectivity index (χ1v) is 6.78. The molecule has 1 atom stereocenters. The lowest BCUT2D eigenvalue weighted by Crippen LogP contribution is -2.33. The average molecular weight is 230 g/mol. The second-order valence-corrected chi connectivity index (χ2v) is 5.10. The minimum atomic E-state index is 0.705. The molecule has 0 fully saturated rings. The molecule has 0 aromatic rings. The van der Waals surface area contributed by atoms with Crippen LogP contribution in [-0.2, 0) is 0 Å². The van der Waals surface area contributed by atoms with Crippen molar-refractivity contribution in [1.29, 1.82) is 0 Å². The van der Waals surface area contributed by atoms with E-state index in [1.807, 2.05) is 13.8 Å². The predicted octanol–water partition coefficient (Wildman–Crippen LogP) is 3.33. The maximum atomic E-state index is 2.48. The Morgan fingerprint density at radius 1 is 0.812 bits per heavy atom. The molecule has 16 heavy (non-hydrogen) atoms. The van der Waals surface area contributed by atoms with Gasteiger partial charge >= 0.3 is 0 Å². The fourth-order valence-electron chi connectivity index (χ4n) is 1.35. The van der Waals surface area contributed by atoms with E-state index in [9.17, 15) is 0 Å². The smallest absolute Gasteiger partial charge is 0.00760 e. The van der Waals surface area contributed by atoms with Gasteiger partial charge in [-0.1, -0.05) is 27.7 Å². The van der Waals surface area contributed by atoms with Crippen molar-refractivity contribution in [3.8, 4) is 0 Å². The molecule has 0 aliphatic heterocycles. The van der Waals surface area contributed by atoms with E-state index in [1.54, 1.807) is 0 Å². The van der Waals surface area contributed by atoms with Gasteiger partial charge in [-0.05, 0) is 59.9 Å². The molecule has 2 nitrogen and oxygen atoms in total. The van der Waals surface area contributed by atoms with Crippen LogP contribution in [0.3, 0.4) is 0 Å². The first kappa shape index (κ1) is 18.3. The molecule has 100 valence electrons. The fraction of sp³-hybridized carbons (Fsp3) is 1.00. The van der Waals surface area contributed by atoms with Crippen molar-refractivity contribution in [3.63, 3.8) is 0 Å². The molecule has 0 heterocycles. The third-order valence-electron chi connectivity index (χ3n) is 2.81. The highest BCUT2D eigenvalue weighted by Crippen LogP contribution is 2.06. The summed E-state index contributed by atoms with van der Waals surface area (Å²) < 4.78 is 0. The van der Waals surface area contributed by atoms with Crippen LogP contribution in [0.4, 0.5) is 0 Å². The summed E-state index contributed by atoms with van der Waals surface area (Å²) in [5.74, 6) is 0.818. The Morgan fingerprint density at radius 2 is 1.31 bits per heavy atom. The van der Waals surface area contributed by atoms with Gasteiger partial charge in [0.1, 0.15) is 0 Å². The summed E-state index contributed by atoms with van der Waals surface area (Å²) in [7, 11) is 6.52. The van der Waals surface area contributed by atoms with E-state index in [2.05, 4.69) is 51.7 Å². The SMILES string of the molecule is CC.CC(C)CCN(C)C(C)CCN(C)C. The molecular weight excluding hydrogens is 196 g/mol. The van der Waals surface area contributed by atoms with Crippen LogP contribution in [0.25, 0.3) is 0 Å². The summed E-state index contributed by atoms with van der Waals surface area (Å²) in [6, 6.07) is 0.705. The molecule has 0 aromatic carbocycles. The van der Waals surface area contributed by atoms with Gasteiger partial charge in [-0.3, -0.25) is 0 Å². The van der Waals surface area contributed by atoms with Gasteiger partial charge in [-0.2, -0.15) is 0 Å². The van der Waals surface area contributed by atoms with Gasteiger partial charge in [-0.25, -0.2) is 0 Å². The van der Waals surface area contributed by atoms with Crippen LogP contribution in [0.2, 0.25) is 0 Å². The lowest BCUT2D eigenvalue weighted by atomic mass is 10.1. The van der Waals surface area contributed by atoms with Gasteiger partial charge in [0.25, 0.3) is 0 Å². The average Bonchev–Trinajstić information content (AvgIpc) is 2.25. The first-order valence-electron chi connectivity index (χ1n) is 6.78. The number of rotatable bonds is 7. The van der Waals surface area contributed by atoms with Crippen molar-refractivity contribution in [3.05, 3.63) is 0 Å². The van der Waals surface area contributed by atoms with Crippen LogP contribution in [0.1, 0.15) is 47.5 Å². The second kappa shape index (κ2) is 11.4. The zero-order valence-corrected chi connectivity index (χ0v) is 12.9. The molecule has 1 unspecified atom stereocenters. The molecule has 2 heteroatoms. The highest BCUT2D eigenvalue weighted by Gasteiger charge is 2.09. The molecule has 0 bridgehead atoms. The monoisotopic (exact) mass is 230 g/mol. The van der Waals surface area contributed by atoms with Gasteiger partial charge in [0.2, 0.25) is 0 Å². The van der Waals surface area contributed by atoms with Crippen LogP contribution in [0.5, 0.6) is 0 Å². The molecule has 0 saturated carbocycles. The summed E-state index contributed by atoms with van der Waals surface area (Å²) in [6.45, 7) is 13.3. The van der Waals surface area contributed by atoms with E-state index in [0.29, 0.717) is 6.04 Å². The maximum Gasteiger partial charge on any atom is 0.00760 e. The van der Waals surface area contributed by atoms with Crippen LogP contribution in [0, 0.1) is 5.92 Å². The first-order chi connectivity index (χ1) is 7.43. The Labute approximate surface area is 104 Å². The summed E-state index contributed by atoms with van der Waals surface area (Å²) in [5, 5.41) is 0. The largest absolute Gasteiger partial charge is 0.309 e. The van der Waals surface area contributed by atoms with Crippen molar-refractivity contribution in [2.75, 3.05) is 34.2 Å². The van der Waals surface area contributed by atoms with E-state index in [-0.39, 0.29) is 0 Å². The standard InChI is InChI=1S/C12H28N2.C2H6/c1-11(2)7-10-14(6)12(3)8-9-13(4)5;1-2/h11-12H,7-10H2,1-6H3;1-2H3. The molecule has 0 aliphatic rings. The van der Waals surface area contributed by atoms with Gasteiger partial charge in [-0.15, -0.1) is 0 Å². The van der Waals surface area contributed by atoms with Crippen LogP contribution >= 0.6 is 0 Å². The Balaban J connectivity index is 0. The number of hydrogen-bond acceptors (Lipinski definition) is 2. The molecule has 0 rings (SSSR count). The summed E-state index contributed by atoms with van der Waals surface area (Å²) in [4.78, 5) is 4.73. The Bertz CT molecular complexity index is 117.